The molecule has 2 atom stereocenters. The Bertz CT molecular complexity index is 398. The van der Waals surface area contributed by atoms with Crippen LogP contribution in [0.1, 0.15) is 11.6 Å². The Hall–Kier alpha value is -0.970. The van der Waals surface area contributed by atoms with Crippen molar-refractivity contribution < 1.29 is 4.39 Å². The Kier molecular flexibility index (Phi) is 3.33. The molecule has 2 unspecified atom stereocenters. The van der Waals surface area contributed by atoms with Gasteiger partial charge in [0.15, 0.2) is 0 Å². The van der Waals surface area contributed by atoms with Crippen LogP contribution in [0.3, 0.4) is 0 Å². The van der Waals surface area contributed by atoms with Gasteiger partial charge in [0.25, 0.3) is 0 Å². The third-order valence-electron chi connectivity index (χ3n) is 4.25. The van der Waals surface area contributed by atoms with Gasteiger partial charge in [0, 0.05) is 44.8 Å². The number of rotatable bonds is 3. The van der Waals surface area contributed by atoms with Crippen molar-refractivity contribution in [1.82, 2.24) is 15.1 Å². The minimum absolute atomic E-state index is 0.164. The quantitative estimate of drug-likeness (QED) is 0.865. The molecule has 3 fully saturated rings. The molecule has 0 saturated carbocycles. The number of hydrogen-bond acceptors (Lipinski definition) is 3. The molecule has 2 bridgehead atoms. The van der Waals surface area contributed by atoms with E-state index in [1.807, 2.05) is 19.2 Å². The summed E-state index contributed by atoms with van der Waals surface area (Å²) in [5.74, 6) is -0.164. The summed E-state index contributed by atoms with van der Waals surface area (Å²) in [6, 6.07) is 7.69. The zero-order valence-electron chi connectivity index (χ0n) is 10.8. The van der Waals surface area contributed by atoms with Gasteiger partial charge in [0.1, 0.15) is 5.82 Å². The van der Waals surface area contributed by atoms with Crippen molar-refractivity contribution >= 4 is 0 Å². The van der Waals surface area contributed by atoms with Gasteiger partial charge in [-0.2, -0.15) is 0 Å². The number of fused-ring (bicyclic) bond motifs is 3. The first-order chi connectivity index (χ1) is 8.78. The fourth-order valence-electron chi connectivity index (χ4n) is 3.23. The van der Waals surface area contributed by atoms with Gasteiger partial charge < -0.3 is 5.32 Å². The minimum atomic E-state index is -0.164. The second-order valence-electron chi connectivity index (χ2n) is 5.22. The minimum Gasteiger partial charge on any atom is -0.312 e. The third-order valence-corrected chi connectivity index (χ3v) is 4.25. The van der Waals surface area contributed by atoms with Gasteiger partial charge in [-0.1, -0.05) is 12.1 Å². The summed E-state index contributed by atoms with van der Waals surface area (Å²) in [4.78, 5) is 5.09. The van der Waals surface area contributed by atoms with Crippen LogP contribution in [0.5, 0.6) is 0 Å². The molecule has 1 N–H and O–H groups in total. The van der Waals surface area contributed by atoms with Crippen LogP contribution in [0, 0.1) is 5.82 Å². The number of hydrogen-bond donors (Lipinski definition) is 1. The summed E-state index contributed by atoms with van der Waals surface area (Å²) in [7, 11) is 1.99. The maximum atomic E-state index is 13.0. The first kappa shape index (κ1) is 12.1. The Morgan fingerprint density at radius 3 is 2.33 bits per heavy atom. The van der Waals surface area contributed by atoms with E-state index in [0.29, 0.717) is 6.04 Å². The van der Waals surface area contributed by atoms with E-state index in [-0.39, 0.29) is 11.9 Å². The average Bonchev–Trinajstić information content (AvgIpc) is 2.43. The van der Waals surface area contributed by atoms with Crippen LogP contribution in [0.2, 0.25) is 0 Å². The van der Waals surface area contributed by atoms with E-state index in [1.165, 1.54) is 18.7 Å². The molecule has 1 aromatic carbocycles. The van der Waals surface area contributed by atoms with Crippen molar-refractivity contribution in [2.24, 2.45) is 0 Å². The summed E-state index contributed by atoms with van der Waals surface area (Å²) in [5, 5.41) is 3.40. The number of nitrogens with one attached hydrogen (secondary N) is 1. The van der Waals surface area contributed by atoms with Gasteiger partial charge in [-0.15, -0.1) is 0 Å². The molecule has 98 valence electrons. The first-order valence-corrected chi connectivity index (χ1v) is 6.67. The van der Waals surface area contributed by atoms with Crippen LogP contribution in [0.15, 0.2) is 24.3 Å². The Balaban J connectivity index is 1.81. The lowest BCUT2D eigenvalue weighted by molar-refractivity contribution is -0.00255. The highest BCUT2D eigenvalue weighted by molar-refractivity contribution is 5.22. The fourth-order valence-corrected chi connectivity index (χ4v) is 3.23. The molecule has 3 nitrogen and oxygen atoms in total. The lowest BCUT2D eigenvalue weighted by Gasteiger charge is -2.50. The molecule has 0 amide bonds. The molecule has 3 heterocycles. The predicted octanol–water partition coefficient (Wildman–Crippen LogP) is 1.09. The zero-order chi connectivity index (χ0) is 12.5. The molecule has 0 radical (unpaired) electrons. The summed E-state index contributed by atoms with van der Waals surface area (Å²) in [6.07, 6.45) is 0. The third kappa shape index (κ3) is 2.16. The van der Waals surface area contributed by atoms with Crippen molar-refractivity contribution in [2.45, 2.75) is 12.1 Å². The topological polar surface area (TPSA) is 18.5 Å². The monoisotopic (exact) mass is 249 g/mol. The highest BCUT2D eigenvalue weighted by atomic mass is 19.1. The number of halogens is 1. The van der Waals surface area contributed by atoms with Crippen molar-refractivity contribution in [3.05, 3.63) is 35.6 Å². The van der Waals surface area contributed by atoms with E-state index < -0.39 is 0 Å². The lowest BCUT2D eigenvalue weighted by atomic mass is 9.94. The van der Waals surface area contributed by atoms with E-state index in [9.17, 15) is 4.39 Å². The molecule has 4 rings (SSSR count). The van der Waals surface area contributed by atoms with Crippen LogP contribution >= 0.6 is 0 Å². The number of piperazine rings is 3. The molecule has 3 saturated heterocycles. The lowest BCUT2D eigenvalue weighted by Crippen LogP contribution is -2.63. The van der Waals surface area contributed by atoms with Crippen LogP contribution in [-0.4, -0.2) is 55.6 Å². The van der Waals surface area contributed by atoms with E-state index >= 15 is 0 Å². The van der Waals surface area contributed by atoms with Gasteiger partial charge in [0.05, 0.1) is 0 Å². The standard InChI is InChI=1S/C14H20FN3/c1-16-14(11-2-4-12(15)5-3-11)13-10-17-6-8-18(13)9-7-17/h2-5,13-14,16H,6-10H2,1H3. The van der Waals surface area contributed by atoms with Crippen LogP contribution in [0.4, 0.5) is 4.39 Å². The van der Waals surface area contributed by atoms with E-state index in [2.05, 4.69) is 15.1 Å². The van der Waals surface area contributed by atoms with Gasteiger partial charge in [0.2, 0.25) is 0 Å². The van der Waals surface area contributed by atoms with Crippen LogP contribution in [-0.2, 0) is 0 Å². The molecule has 0 aliphatic carbocycles. The second-order valence-corrected chi connectivity index (χ2v) is 5.22. The van der Waals surface area contributed by atoms with Gasteiger partial charge in [-0.3, -0.25) is 9.80 Å². The highest BCUT2D eigenvalue weighted by Crippen LogP contribution is 2.27. The maximum Gasteiger partial charge on any atom is 0.123 e. The molecule has 3 aliphatic heterocycles. The summed E-state index contributed by atoms with van der Waals surface area (Å²) >= 11 is 0. The molecular formula is C14H20FN3. The summed E-state index contributed by atoms with van der Waals surface area (Å²) < 4.78 is 13.0. The van der Waals surface area contributed by atoms with Gasteiger partial charge in [-0.05, 0) is 24.7 Å². The molecule has 0 spiro atoms. The second kappa shape index (κ2) is 4.96. The van der Waals surface area contributed by atoms with Crippen molar-refractivity contribution in [2.75, 3.05) is 39.8 Å². The Labute approximate surface area is 108 Å². The number of nitrogens with zero attached hydrogens (tertiary/aromatic N) is 2. The van der Waals surface area contributed by atoms with Gasteiger partial charge in [-0.25, -0.2) is 4.39 Å². The maximum absolute atomic E-state index is 13.0. The van der Waals surface area contributed by atoms with E-state index in [4.69, 9.17) is 0 Å². The van der Waals surface area contributed by atoms with E-state index in [0.717, 1.165) is 19.6 Å². The molecule has 18 heavy (non-hydrogen) atoms. The normalized spacial score (nSPS) is 32.4. The fraction of sp³-hybridized carbons (Fsp3) is 0.571. The SMILES string of the molecule is CNC(c1ccc(F)cc1)C1CN2CCN1CC2. The molecule has 1 aromatic rings. The molecule has 4 heteroatoms. The van der Waals surface area contributed by atoms with Crippen molar-refractivity contribution in [3.63, 3.8) is 0 Å². The summed E-state index contributed by atoms with van der Waals surface area (Å²) in [5.41, 5.74) is 1.18. The van der Waals surface area contributed by atoms with Crippen LogP contribution < -0.4 is 5.32 Å². The Morgan fingerprint density at radius 2 is 1.83 bits per heavy atom. The van der Waals surface area contributed by atoms with E-state index in [1.54, 1.807) is 12.1 Å². The average molecular weight is 249 g/mol. The Morgan fingerprint density at radius 1 is 1.17 bits per heavy atom. The molecular weight excluding hydrogens is 229 g/mol. The van der Waals surface area contributed by atoms with Crippen LogP contribution in [0.25, 0.3) is 0 Å². The smallest absolute Gasteiger partial charge is 0.123 e. The van der Waals surface area contributed by atoms with Crippen molar-refractivity contribution in [1.29, 1.82) is 0 Å². The largest absolute Gasteiger partial charge is 0.312 e. The number of likely N-dealkylation sites (N-methyl/N-ethyl adjacent to an activating group) is 1. The zero-order valence-corrected chi connectivity index (χ0v) is 10.8. The van der Waals surface area contributed by atoms with Crippen molar-refractivity contribution in [3.8, 4) is 0 Å². The predicted molar refractivity (Wildman–Crippen MR) is 70.0 cm³/mol. The summed E-state index contributed by atoms with van der Waals surface area (Å²) in [6.45, 7) is 5.81. The molecule has 3 aliphatic rings. The highest BCUT2D eigenvalue weighted by Gasteiger charge is 2.36. The van der Waals surface area contributed by atoms with Gasteiger partial charge >= 0.3 is 0 Å². The molecule has 0 aromatic heterocycles. The number of benzene rings is 1. The first-order valence-electron chi connectivity index (χ1n) is 6.67.